The number of ether oxygens (including phenoxy) is 4. The molecule has 1 aromatic carbocycles. The molecule has 9 heteroatoms. The zero-order chi connectivity index (χ0) is 25.9. The van der Waals surface area contributed by atoms with E-state index in [2.05, 4.69) is 13.8 Å². The first kappa shape index (κ1) is 30.5. The first-order valence-corrected chi connectivity index (χ1v) is 12.1. The fourth-order valence-electron chi connectivity index (χ4n) is 3.51. The van der Waals surface area contributed by atoms with Crippen LogP contribution in [0.5, 0.6) is 11.5 Å². The van der Waals surface area contributed by atoms with Crippen molar-refractivity contribution < 1.29 is 28.8 Å². The fourth-order valence-corrected chi connectivity index (χ4v) is 3.85. The van der Waals surface area contributed by atoms with E-state index < -0.39 is 23.7 Å². The molecule has 3 atom stereocenters. The van der Waals surface area contributed by atoms with Crippen LogP contribution in [-0.2, 0) is 20.7 Å². The standard InChI is InChI=1S/C25H43ClN2O6/c1-17(2)19(15-20(27)21(29)16-28(26)24(30)25(3,4)33-7)13-18-9-10-22(32-6)23(14-18)34-12-8-11-31-5/h9-10,14,17,19-21,29H,8,11-13,15-16,27H2,1-7H3/t19-,20-,21-/m0/s1. The van der Waals surface area contributed by atoms with Gasteiger partial charge in [0.25, 0.3) is 5.91 Å². The zero-order valence-corrected chi connectivity index (χ0v) is 22.4. The average Bonchev–Trinajstić information content (AvgIpc) is 2.80. The van der Waals surface area contributed by atoms with Crippen LogP contribution < -0.4 is 15.2 Å². The van der Waals surface area contributed by atoms with E-state index in [-0.39, 0.29) is 12.5 Å². The number of amides is 1. The van der Waals surface area contributed by atoms with Crippen molar-refractivity contribution in [2.24, 2.45) is 17.6 Å². The molecular formula is C25H43ClN2O6. The summed E-state index contributed by atoms with van der Waals surface area (Å²) in [7, 11) is 4.72. The lowest BCUT2D eigenvalue weighted by Gasteiger charge is -2.31. The third-order valence-electron chi connectivity index (χ3n) is 6.08. The Morgan fingerprint density at radius 2 is 1.85 bits per heavy atom. The molecule has 0 saturated carbocycles. The van der Waals surface area contributed by atoms with E-state index in [0.29, 0.717) is 37.1 Å². The molecule has 0 radical (unpaired) electrons. The Morgan fingerprint density at radius 1 is 1.18 bits per heavy atom. The summed E-state index contributed by atoms with van der Waals surface area (Å²) in [5.41, 5.74) is 6.35. The van der Waals surface area contributed by atoms with Crippen molar-refractivity contribution in [3.8, 4) is 11.5 Å². The normalized spacial score (nSPS) is 14.6. The highest BCUT2D eigenvalue weighted by Gasteiger charge is 2.33. The van der Waals surface area contributed by atoms with Crippen LogP contribution in [-0.4, -0.2) is 74.3 Å². The molecule has 196 valence electrons. The monoisotopic (exact) mass is 502 g/mol. The third-order valence-corrected chi connectivity index (χ3v) is 6.37. The minimum atomic E-state index is -1.08. The first-order chi connectivity index (χ1) is 16.0. The van der Waals surface area contributed by atoms with Gasteiger partial charge >= 0.3 is 0 Å². The van der Waals surface area contributed by atoms with E-state index >= 15 is 0 Å². The Hall–Kier alpha value is -1.58. The summed E-state index contributed by atoms with van der Waals surface area (Å²) < 4.78 is 22.5. The van der Waals surface area contributed by atoms with Crippen molar-refractivity contribution in [2.45, 2.75) is 64.7 Å². The van der Waals surface area contributed by atoms with Gasteiger partial charge < -0.3 is 29.8 Å². The second-order valence-corrected chi connectivity index (χ2v) is 9.83. The first-order valence-electron chi connectivity index (χ1n) is 11.7. The van der Waals surface area contributed by atoms with Crippen molar-refractivity contribution in [1.29, 1.82) is 0 Å². The van der Waals surface area contributed by atoms with Gasteiger partial charge in [0.2, 0.25) is 0 Å². The molecule has 0 bridgehead atoms. The highest BCUT2D eigenvalue weighted by Crippen LogP contribution is 2.31. The smallest absolute Gasteiger partial charge is 0.268 e. The number of methoxy groups -OCH3 is 3. The summed E-state index contributed by atoms with van der Waals surface area (Å²) in [6.07, 6.45) is 1.15. The van der Waals surface area contributed by atoms with Crippen molar-refractivity contribution in [2.75, 3.05) is 41.1 Å². The molecule has 0 spiro atoms. The van der Waals surface area contributed by atoms with Crippen LogP contribution in [0.4, 0.5) is 0 Å². The topological polar surface area (TPSA) is 103 Å². The van der Waals surface area contributed by atoms with Gasteiger partial charge in [-0.1, -0.05) is 19.9 Å². The molecule has 0 unspecified atom stereocenters. The molecule has 34 heavy (non-hydrogen) atoms. The maximum Gasteiger partial charge on any atom is 0.268 e. The Balaban J connectivity index is 2.82. The van der Waals surface area contributed by atoms with Crippen LogP contribution in [0.2, 0.25) is 0 Å². The number of nitrogens with zero attached hydrogens (tertiary/aromatic N) is 1. The maximum atomic E-state index is 12.4. The molecule has 1 aromatic rings. The molecule has 0 aliphatic rings. The minimum Gasteiger partial charge on any atom is -0.493 e. The van der Waals surface area contributed by atoms with Gasteiger partial charge in [-0.3, -0.25) is 4.79 Å². The van der Waals surface area contributed by atoms with Crippen LogP contribution in [0, 0.1) is 11.8 Å². The van der Waals surface area contributed by atoms with Gasteiger partial charge in [0.05, 0.1) is 26.4 Å². The maximum absolute atomic E-state index is 12.4. The highest BCUT2D eigenvalue weighted by molar-refractivity contribution is 6.22. The zero-order valence-electron chi connectivity index (χ0n) is 21.7. The number of carbonyl (C=O) groups excluding carboxylic acids is 1. The number of nitrogens with two attached hydrogens (primary N) is 1. The molecule has 8 nitrogen and oxygen atoms in total. The largest absolute Gasteiger partial charge is 0.493 e. The van der Waals surface area contributed by atoms with Crippen LogP contribution in [0.1, 0.15) is 46.1 Å². The van der Waals surface area contributed by atoms with Gasteiger partial charge in [0.1, 0.15) is 5.60 Å². The Kier molecular flexibility index (Phi) is 13.2. The van der Waals surface area contributed by atoms with Crippen molar-refractivity contribution in [3.63, 3.8) is 0 Å². The van der Waals surface area contributed by atoms with E-state index in [9.17, 15) is 9.90 Å². The predicted molar refractivity (Wildman–Crippen MR) is 134 cm³/mol. The van der Waals surface area contributed by atoms with E-state index in [4.69, 9.17) is 36.5 Å². The molecule has 0 aliphatic heterocycles. The summed E-state index contributed by atoms with van der Waals surface area (Å²) in [4.78, 5) is 12.4. The van der Waals surface area contributed by atoms with Gasteiger partial charge in [-0.2, -0.15) is 0 Å². The molecule has 1 amide bonds. The molecule has 0 aromatic heterocycles. The second kappa shape index (κ2) is 14.7. The van der Waals surface area contributed by atoms with Gasteiger partial charge in [-0.05, 0) is 56.2 Å². The number of hydrogen-bond acceptors (Lipinski definition) is 7. The molecule has 0 fully saturated rings. The molecule has 0 saturated heterocycles. The third kappa shape index (κ3) is 9.58. The second-order valence-electron chi connectivity index (χ2n) is 9.42. The summed E-state index contributed by atoms with van der Waals surface area (Å²) in [6.45, 7) is 8.59. The van der Waals surface area contributed by atoms with Crippen molar-refractivity contribution in [1.82, 2.24) is 4.42 Å². The number of aliphatic hydroxyl groups is 1. The number of hydrogen-bond donors (Lipinski definition) is 2. The van der Waals surface area contributed by atoms with Gasteiger partial charge in [0.15, 0.2) is 11.5 Å². The lowest BCUT2D eigenvalue weighted by molar-refractivity contribution is -0.146. The van der Waals surface area contributed by atoms with Crippen molar-refractivity contribution >= 4 is 17.7 Å². The lowest BCUT2D eigenvalue weighted by Crippen LogP contribution is -2.48. The summed E-state index contributed by atoms with van der Waals surface area (Å²) in [6, 6.07) is 5.37. The van der Waals surface area contributed by atoms with Crippen LogP contribution in [0.15, 0.2) is 18.2 Å². The molecule has 0 heterocycles. The summed E-state index contributed by atoms with van der Waals surface area (Å²) in [5, 5.41) is 10.6. The van der Waals surface area contributed by atoms with Gasteiger partial charge in [0, 0.05) is 45.1 Å². The fraction of sp³-hybridized carbons (Fsp3) is 0.720. The molecular weight excluding hydrogens is 460 g/mol. The number of rotatable bonds is 16. The summed E-state index contributed by atoms with van der Waals surface area (Å²) in [5.74, 6) is 1.47. The van der Waals surface area contributed by atoms with Crippen LogP contribution >= 0.6 is 11.8 Å². The molecule has 3 N–H and O–H groups in total. The summed E-state index contributed by atoms with van der Waals surface area (Å²) >= 11 is 6.12. The number of carbonyl (C=O) groups is 1. The van der Waals surface area contributed by atoms with E-state index in [1.165, 1.54) is 7.11 Å². The minimum absolute atomic E-state index is 0.0822. The highest BCUT2D eigenvalue weighted by atomic mass is 35.5. The van der Waals surface area contributed by atoms with E-state index in [1.54, 1.807) is 28.1 Å². The van der Waals surface area contributed by atoms with Crippen molar-refractivity contribution in [3.05, 3.63) is 23.8 Å². The SMILES string of the molecule is COCCCOc1cc(C[C@@H](C[C@H](N)[C@@H](O)CN(Cl)C(=O)C(C)(C)OC)C(C)C)ccc1OC. The Bertz CT molecular complexity index is 746. The predicted octanol–water partition coefficient (Wildman–Crippen LogP) is 3.41. The lowest BCUT2D eigenvalue weighted by atomic mass is 9.83. The van der Waals surface area contributed by atoms with E-state index in [0.717, 1.165) is 22.8 Å². The number of aliphatic hydroxyl groups excluding tert-OH is 1. The average molecular weight is 503 g/mol. The number of halogens is 1. The van der Waals surface area contributed by atoms with Gasteiger partial charge in [-0.15, -0.1) is 0 Å². The van der Waals surface area contributed by atoms with Crippen LogP contribution in [0.25, 0.3) is 0 Å². The Labute approximate surface area is 209 Å². The molecule has 1 rings (SSSR count). The Morgan fingerprint density at radius 3 is 2.41 bits per heavy atom. The number of benzene rings is 1. The van der Waals surface area contributed by atoms with Crippen LogP contribution in [0.3, 0.4) is 0 Å². The quantitative estimate of drug-likeness (QED) is 0.263. The molecule has 0 aliphatic carbocycles. The van der Waals surface area contributed by atoms with E-state index in [1.807, 2.05) is 18.2 Å². The van der Waals surface area contributed by atoms with Gasteiger partial charge in [-0.25, -0.2) is 4.42 Å².